The fourth-order valence-electron chi connectivity index (χ4n) is 2.26. The molecule has 0 aliphatic carbocycles. The van der Waals surface area contributed by atoms with Crippen molar-refractivity contribution in [3.05, 3.63) is 78.9 Å². The third kappa shape index (κ3) is 3.56. The Bertz CT molecular complexity index is 838. The molecular formula is C18H16N2O3S. The molecule has 0 aliphatic rings. The first-order valence-electron chi connectivity index (χ1n) is 7.24. The maximum atomic E-state index is 11.8. The van der Waals surface area contributed by atoms with Crippen LogP contribution in [0.3, 0.4) is 0 Å². The number of benzene rings is 3. The van der Waals surface area contributed by atoms with E-state index in [-0.39, 0.29) is 0 Å². The van der Waals surface area contributed by atoms with Crippen LogP contribution in [0.4, 0.5) is 17.1 Å². The molecule has 122 valence electrons. The zero-order valence-electron chi connectivity index (χ0n) is 12.7. The summed E-state index contributed by atoms with van der Waals surface area (Å²) in [7, 11) is 0. The number of ether oxygens (including phenoxy) is 1. The van der Waals surface area contributed by atoms with Crippen molar-refractivity contribution in [2.75, 3.05) is 10.0 Å². The Morgan fingerprint density at radius 2 is 1.42 bits per heavy atom. The van der Waals surface area contributed by atoms with Gasteiger partial charge in [-0.25, -0.2) is 8.51 Å². The van der Waals surface area contributed by atoms with E-state index in [0.29, 0.717) is 22.8 Å². The Labute approximate surface area is 142 Å². The van der Waals surface area contributed by atoms with Crippen LogP contribution in [0.5, 0.6) is 11.5 Å². The zero-order valence-corrected chi connectivity index (χ0v) is 13.5. The van der Waals surface area contributed by atoms with Gasteiger partial charge in [0.1, 0.15) is 11.5 Å². The summed E-state index contributed by atoms with van der Waals surface area (Å²) in [5.41, 5.74) is 7.34. The monoisotopic (exact) mass is 340 g/mol. The Morgan fingerprint density at radius 3 is 2.04 bits per heavy atom. The molecule has 6 heteroatoms. The molecule has 0 heterocycles. The second-order valence-electron chi connectivity index (χ2n) is 4.99. The van der Waals surface area contributed by atoms with Gasteiger partial charge in [-0.3, -0.25) is 4.55 Å². The lowest BCUT2D eigenvalue weighted by Gasteiger charge is -2.21. The number of para-hydroxylation sites is 3. The van der Waals surface area contributed by atoms with E-state index < -0.39 is 11.3 Å². The molecule has 1 unspecified atom stereocenters. The van der Waals surface area contributed by atoms with Crippen LogP contribution < -0.4 is 14.8 Å². The molecule has 0 saturated carbocycles. The van der Waals surface area contributed by atoms with E-state index in [9.17, 15) is 8.76 Å². The normalized spacial score (nSPS) is 11.7. The fraction of sp³-hybridized carbons (Fsp3) is 0. The molecule has 3 aromatic carbocycles. The standard InChI is InChI=1S/C18H16N2O3S/c19-17-8-4-5-9-18(17)20(24(21)22)14-10-12-16(13-11-14)23-15-6-2-1-3-7-15/h1-13H,19H2,(H,21,22). The van der Waals surface area contributed by atoms with Crippen molar-refractivity contribution in [2.24, 2.45) is 0 Å². The highest BCUT2D eigenvalue weighted by Crippen LogP contribution is 2.33. The van der Waals surface area contributed by atoms with Gasteiger partial charge in [-0.15, -0.1) is 0 Å². The summed E-state index contributed by atoms with van der Waals surface area (Å²) < 4.78 is 28.4. The highest BCUT2D eigenvalue weighted by molar-refractivity contribution is 7.81. The summed E-state index contributed by atoms with van der Waals surface area (Å²) in [4.78, 5) is 0. The smallest absolute Gasteiger partial charge is 0.266 e. The van der Waals surface area contributed by atoms with Crippen molar-refractivity contribution in [1.29, 1.82) is 0 Å². The number of rotatable bonds is 5. The van der Waals surface area contributed by atoms with Gasteiger partial charge in [-0.2, -0.15) is 0 Å². The van der Waals surface area contributed by atoms with Crippen molar-refractivity contribution in [2.45, 2.75) is 0 Å². The van der Waals surface area contributed by atoms with Crippen LogP contribution in [0.1, 0.15) is 0 Å². The third-order valence-electron chi connectivity index (χ3n) is 3.36. The van der Waals surface area contributed by atoms with Gasteiger partial charge in [-0.05, 0) is 48.5 Å². The van der Waals surface area contributed by atoms with Gasteiger partial charge >= 0.3 is 0 Å². The molecule has 0 amide bonds. The van der Waals surface area contributed by atoms with Gasteiger partial charge in [-0.1, -0.05) is 30.3 Å². The number of anilines is 3. The second kappa shape index (κ2) is 7.16. The van der Waals surface area contributed by atoms with Gasteiger partial charge in [0.05, 0.1) is 17.1 Å². The predicted octanol–water partition coefficient (Wildman–Crippen LogP) is 4.34. The van der Waals surface area contributed by atoms with Crippen LogP contribution in [0.15, 0.2) is 78.9 Å². The Morgan fingerprint density at radius 1 is 0.833 bits per heavy atom. The first-order valence-corrected chi connectivity index (χ1v) is 8.30. The first-order chi connectivity index (χ1) is 11.6. The summed E-state index contributed by atoms with van der Waals surface area (Å²) in [5, 5.41) is 0. The summed E-state index contributed by atoms with van der Waals surface area (Å²) in [6.07, 6.45) is 0. The second-order valence-corrected chi connectivity index (χ2v) is 5.82. The molecular weight excluding hydrogens is 324 g/mol. The highest BCUT2D eigenvalue weighted by Gasteiger charge is 2.17. The number of hydrogen-bond donors (Lipinski definition) is 2. The molecule has 0 aliphatic heterocycles. The van der Waals surface area contributed by atoms with E-state index in [1.54, 1.807) is 48.5 Å². The maximum Gasteiger partial charge on any atom is 0.266 e. The Kier molecular flexibility index (Phi) is 4.79. The van der Waals surface area contributed by atoms with Crippen LogP contribution >= 0.6 is 0 Å². The molecule has 3 N–H and O–H groups in total. The van der Waals surface area contributed by atoms with Crippen LogP contribution in [0, 0.1) is 0 Å². The lowest BCUT2D eigenvalue weighted by atomic mass is 10.2. The van der Waals surface area contributed by atoms with Crippen molar-refractivity contribution in [1.82, 2.24) is 0 Å². The van der Waals surface area contributed by atoms with Gasteiger partial charge < -0.3 is 10.5 Å². The average Bonchev–Trinajstić information content (AvgIpc) is 2.59. The summed E-state index contributed by atoms with van der Waals surface area (Å²) in [6.45, 7) is 0. The SMILES string of the molecule is Nc1ccccc1N(c1ccc(Oc2ccccc2)cc1)S(=O)O. The highest BCUT2D eigenvalue weighted by atomic mass is 32.2. The number of hydrogen-bond acceptors (Lipinski definition) is 3. The minimum absolute atomic E-state index is 0.421. The van der Waals surface area contributed by atoms with Crippen LogP contribution in [-0.4, -0.2) is 8.76 Å². The average molecular weight is 340 g/mol. The Balaban J connectivity index is 1.88. The quantitative estimate of drug-likeness (QED) is 0.535. The summed E-state index contributed by atoms with van der Waals surface area (Å²) in [6, 6.07) is 23.2. The van der Waals surface area contributed by atoms with E-state index >= 15 is 0 Å². The van der Waals surface area contributed by atoms with Gasteiger partial charge in [0, 0.05) is 0 Å². The number of nitrogens with zero attached hydrogens (tertiary/aromatic N) is 1. The lowest BCUT2D eigenvalue weighted by molar-refractivity contribution is 0.482. The molecule has 0 radical (unpaired) electrons. The minimum Gasteiger partial charge on any atom is -0.457 e. The molecule has 0 saturated heterocycles. The molecule has 3 rings (SSSR count). The largest absolute Gasteiger partial charge is 0.457 e. The molecule has 24 heavy (non-hydrogen) atoms. The number of nitrogens with two attached hydrogens (primary N) is 1. The molecule has 0 fully saturated rings. The number of nitrogen functional groups attached to an aromatic ring is 1. The van der Waals surface area contributed by atoms with Crippen molar-refractivity contribution in [3.8, 4) is 11.5 Å². The molecule has 5 nitrogen and oxygen atoms in total. The summed E-state index contributed by atoms with van der Waals surface area (Å²) >= 11 is -2.25. The Hall–Kier alpha value is -2.83. The van der Waals surface area contributed by atoms with Gasteiger partial charge in [0.15, 0.2) is 0 Å². The van der Waals surface area contributed by atoms with E-state index in [1.165, 1.54) is 4.31 Å². The van der Waals surface area contributed by atoms with E-state index in [1.807, 2.05) is 30.3 Å². The van der Waals surface area contributed by atoms with Crippen LogP contribution in [0.25, 0.3) is 0 Å². The molecule has 1 atom stereocenters. The zero-order chi connectivity index (χ0) is 16.9. The van der Waals surface area contributed by atoms with Crippen molar-refractivity contribution >= 4 is 28.3 Å². The minimum atomic E-state index is -2.25. The molecule has 0 spiro atoms. The van der Waals surface area contributed by atoms with E-state index in [4.69, 9.17) is 10.5 Å². The predicted molar refractivity (Wildman–Crippen MR) is 96.7 cm³/mol. The van der Waals surface area contributed by atoms with Crippen LogP contribution in [0.2, 0.25) is 0 Å². The maximum absolute atomic E-state index is 11.8. The van der Waals surface area contributed by atoms with E-state index in [0.717, 1.165) is 5.75 Å². The topological polar surface area (TPSA) is 75.8 Å². The van der Waals surface area contributed by atoms with Gasteiger partial charge in [0.2, 0.25) is 0 Å². The fourth-order valence-corrected chi connectivity index (χ4v) is 2.90. The van der Waals surface area contributed by atoms with Crippen molar-refractivity contribution < 1.29 is 13.5 Å². The molecule has 0 aromatic heterocycles. The first kappa shape index (κ1) is 16.0. The third-order valence-corrected chi connectivity index (χ3v) is 4.08. The van der Waals surface area contributed by atoms with E-state index in [2.05, 4.69) is 0 Å². The van der Waals surface area contributed by atoms with Gasteiger partial charge in [0.25, 0.3) is 11.3 Å². The molecule has 3 aromatic rings. The summed E-state index contributed by atoms with van der Waals surface area (Å²) in [5.74, 6) is 1.36. The van der Waals surface area contributed by atoms with Crippen molar-refractivity contribution in [3.63, 3.8) is 0 Å². The lowest BCUT2D eigenvalue weighted by Crippen LogP contribution is -2.20. The van der Waals surface area contributed by atoms with Crippen LogP contribution in [-0.2, 0) is 11.3 Å². The molecule has 0 bridgehead atoms.